The normalized spacial score (nSPS) is 10.7. The first-order valence-electron chi connectivity index (χ1n) is 6.50. The van der Waals surface area contributed by atoms with Crippen LogP contribution in [-0.4, -0.2) is 44.8 Å². The van der Waals surface area contributed by atoms with E-state index in [1.165, 1.54) is 0 Å². The van der Waals surface area contributed by atoms with Gasteiger partial charge in [-0.1, -0.05) is 19.1 Å². The topological polar surface area (TPSA) is 47.7 Å². The maximum atomic E-state index is 5.74. The van der Waals surface area contributed by atoms with Gasteiger partial charge in [0.25, 0.3) is 0 Å². The van der Waals surface area contributed by atoms with Gasteiger partial charge in [0, 0.05) is 6.54 Å². The summed E-state index contributed by atoms with van der Waals surface area (Å²) in [6.07, 6.45) is 1.03. The molecule has 18 heavy (non-hydrogen) atoms. The molecular formula is C14H24N2O2. The molecule has 0 saturated carbocycles. The molecule has 1 rings (SSSR count). The predicted molar refractivity (Wildman–Crippen MR) is 74.3 cm³/mol. The highest BCUT2D eigenvalue weighted by atomic mass is 16.5. The van der Waals surface area contributed by atoms with E-state index in [0.717, 1.165) is 44.1 Å². The molecule has 0 heterocycles. The molecule has 4 heteroatoms. The second kappa shape index (κ2) is 8.78. The van der Waals surface area contributed by atoms with Gasteiger partial charge in [-0.25, -0.2) is 0 Å². The zero-order chi connectivity index (χ0) is 13.2. The first-order valence-corrected chi connectivity index (χ1v) is 6.50. The highest BCUT2D eigenvalue weighted by Crippen LogP contribution is 2.25. The van der Waals surface area contributed by atoms with Crippen LogP contribution in [0.15, 0.2) is 24.3 Å². The first-order chi connectivity index (χ1) is 8.81. The Hall–Kier alpha value is -1.26. The number of likely N-dealkylation sites (N-methyl/N-ethyl adjacent to an activating group) is 1. The molecule has 0 radical (unpaired) electrons. The molecule has 0 aliphatic carbocycles. The maximum absolute atomic E-state index is 5.74. The molecule has 1 aromatic carbocycles. The smallest absolute Gasteiger partial charge is 0.161 e. The summed E-state index contributed by atoms with van der Waals surface area (Å²) >= 11 is 0. The Labute approximate surface area is 110 Å². The van der Waals surface area contributed by atoms with E-state index >= 15 is 0 Å². The molecule has 0 atom stereocenters. The van der Waals surface area contributed by atoms with E-state index < -0.39 is 0 Å². The number of benzene rings is 1. The van der Waals surface area contributed by atoms with E-state index in [2.05, 4.69) is 11.8 Å². The lowest BCUT2D eigenvalue weighted by atomic mass is 10.3. The summed E-state index contributed by atoms with van der Waals surface area (Å²) in [6, 6.07) is 7.71. The summed E-state index contributed by atoms with van der Waals surface area (Å²) in [6.45, 7) is 6.52. The third kappa shape index (κ3) is 4.94. The molecular weight excluding hydrogens is 228 g/mol. The minimum absolute atomic E-state index is 0.665. The van der Waals surface area contributed by atoms with Gasteiger partial charge in [0.15, 0.2) is 11.5 Å². The number of para-hydroxylation sites is 2. The van der Waals surface area contributed by atoms with E-state index in [1.54, 1.807) is 7.11 Å². The Kier molecular flexibility index (Phi) is 7.22. The van der Waals surface area contributed by atoms with Crippen molar-refractivity contribution in [2.45, 2.75) is 13.3 Å². The second-order valence-electron chi connectivity index (χ2n) is 4.08. The van der Waals surface area contributed by atoms with Crippen LogP contribution < -0.4 is 15.2 Å². The highest BCUT2D eigenvalue weighted by molar-refractivity contribution is 5.39. The van der Waals surface area contributed by atoms with Crippen molar-refractivity contribution in [2.75, 3.05) is 39.9 Å². The van der Waals surface area contributed by atoms with Gasteiger partial charge in [0.2, 0.25) is 0 Å². The van der Waals surface area contributed by atoms with E-state index in [9.17, 15) is 0 Å². The average molecular weight is 252 g/mol. The second-order valence-corrected chi connectivity index (χ2v) is 4.08. The van der Waals surface area contributed by atoms with Gasteiger partial charge in [-0.05, 0) is 38.2 Å². The molecule has 0 aliphatic heterocycles. The molecule has 0 fully saturated rings. The van der Waals surface area contributed by atoms with E-state index in [-0.39, 0.29) is 0 Å². The monoisotopic (exact) mass is 252 g/mol. The number of ether oxygens (including phenoxy) is 2. The minimum Gasteiger partial charge on any atom is -0.493 e. The molecule has 0 amide bonds. The van der Waals surface area contributed by atoms with Crippen LogP contribution in [0.3, 0.4) is 0 Å². The van der Waals surface area contributed by atoms with Gasteiger partial charge < -0.3 is 20.1 Å². The Balaban J connectivity index is 2.35. The lowest BCUT2D eigenvalue weighted by molar-refractivity contribution is 0.210. The number of hydrogen-bond acceptors (Lipinski definition) is 4. The third-order valence-electron chi connectivity index (χ3n) is 2.86. The third-order valence-corrected chi connectivity index (χ3v) is 2.86. The zero-order valence-corrected chi connectivity index (χ0v) is 11.4. The molecule has 0 aromatic heterocycles. The van der Waals surface area contributed by atoms with E-state index in [1.807, 2.05) is 24.3 Å². The van der Waals surface area contributed by atoms with E-state index in [4.69, 9.17) is 15.2 Å². The standard InChI is InChI=1S/C14H24N2O2/c1-3-16(10-6-9-15)11-12-18-14-8-5-4-7-13(14)17-2/h4-5,7-8H,3,6,9-12,15H2,1-2H3. The van der Waals surface area contributed by atoms with Gasteiger partial charge >= 0.3 is 0 Å². The molecule has 102 valence electrons. The summed E-state index contributed by atoms with van der Waals surface area (Å²) in [4.78, 5) is 2.34. The van der Waals surface area contributed by atoms with E-state index in [0.29, 0.717) is 6.61 Å². The van der Waals surface area contributed by atoms with Crippen molar-refractivity contribution in [3.8, 4) is 11.5 Å². The molecule has 0 saturated heterocycles. The number of hydrogen-bond donors (Lipinski definition) is 1. The molecule has 2 N–H and O–H groups in total. The number of rotatable bonds is 9. The molecule has 0 unspecified atom stereocenters. The summed E-state index contributed by atoms with van der Waals surface area (Å²) < 4.78 is 11.0. The first kappa shape index (κ1) is 14.8. The van der Waals surface area contributed by atoms with Crippen molar-refractivity contribution in [1.82, 2.24) is 4.90 Å². The largest absolute Gasteiger partial charge is 0.493 e. The number of nitrogens with two attached hydrogens (primary N) is 1. The molecule has 1 aromatic rings. The Morgan fingerprint density at radius 3 is 2.50 bits per heavy atom. The van der Waals surface area contributed by atoms with Crippen LogP contribution in [0.1, 0.15) is 13.3 Å². The summed E-state index contributed by atoms with van der Waals surface area (Å²) in [5, 5.41) is 0. The highest BCUT2D eigenvalue weighted by Gasteiger charge is 2.04. The van der Waals surface area contributed by atoms with Crippen LogP contribution in [0.4, 0.5) is 0 Å². The molecule has 0 aliphatic rings. The Morgan fingerprint density at radius 1 is 1.17 bits per heavy atom. The summed E-state index contributed by atoms with van der Waals surface area (Å²) in [5.41, 5.74) is 5.51. The van der Waals surface area contributed by atoms with Crippen molar-refractivity contribution >= 4 is 0 Å². The zero-order valence-electron chi connectivity index (χ0n) is 11.4. The van der Waals surface area contributed by atoms with Crippen LogP contribution in [0.25, 0.3) is 0 Å². The van der Waals surface area contributed by atoms with Crippen LogP contribution in [0.5, 0.6) is 11.5 Å². The van der Waals surface area contributed by atoms with Crippen LogP contribution in [-0.2, 0) is 0 Å². The molecule has 4 nitrogen and oxygen atoms in total. The van der Waals surface area contributed by atoms with Crippen molar-refractivity contribution in [2.24, 2.45) is 5.73 Å². The van der Waals surface area contributed by atoms with Crippen molar-refractivity contribution in [3.63, 3.8) is 0 Å². The Morgan fingerprint density at radius 2 is 1.89 bits per heavy atom. The van der Waals surface area contributed by atoms with Crippen LogP contribution in [0.2, 0.25) is 0 Å². The van der Waals surface area contributed by atoms with Crippen LogP contribution in [0, 0.1) is 0 Å². The quantitative estimate of drug-likeness (QED) is 0.727. The predicted octanol–water partition coefficient (Wildman–Crippen LogP) is 1.74. The summed E-state index contributed by atoms with van der Waals surface area (Å²) in [5.74, 6) is 1.58. The van der Waals surface area contributed by atoms with Gasteiger partial charge in [-0.15, -0.1) is 0 Å². The fraction of sp³-hybridized carbons (Fsp3) is 0.571. The average Bonchev–Trinajstić information content (AvgIpc) is 2.43. The van der Waals surface area contributed by atoms with Crippen molar-refractivity contribution in [3.05, 3.63) is 24.3 Å². The minimum atomic E-state index is 0.665. The maximum Gasteiger partial charge on any atom is 0.161 e. The molecule has 0 bridgehead atoms. The van der Waals surface area contributed by atoms with Gasteiger partial charge in [0.1, 0.15) is 6.61 Å². The van der Waals surface area contributed by atoms with Gasteiger partial charge in [0.05, 0.1) is 7.11 Å². The fourth-order valence-corrected chi connectivity index (χ4v) is 1.77. The van der Waals surface area contributed by atoms with Gasteiger partial charge in [-0.2, -0.15) is 0 Å². The fourth-order valence-electron chi connectivity index (χ4n) is 1.77. The van der Waals surface area contributed by atoms with Crippen molar-refractivity contribution < 1.29 is 9.47 Å². The van der Waals surface area contributed by atoms with Gasteiger partial charge in [-0.3, -0.25) is 0 Å². The van der Waals surface area contributed by atoms with Crippen molar-refractivity contribution in [1.29, 1.82) is 0 Å². The summed E-state index contributed by atoms with van der Waals surface area (Å²) in [7, 11) is 1.65. The SMILES string of the molecule is CCN(CCCN)CCOc1ccccc1OC. The Bertz CT molecular complexity index is 331. The number of nitrogens with zero attached hydrogens (tertiary/aromatic N) is 1. The lowest BCUT2D eigenvalue weighted by Gasteiger charge is -2.20. The lowest BCUT2D eigenvalue weighted by Crippen LogP contribution is -2.30. The number of methoxy groups -OCH3 is 1. The molecule has 0 spiro atoms. The van der Waals surface area contributed by atoms with Crippen LogP contribution >= 0.6 is 0 Å².